The van der Waals surface area contributed by atoms with E-state index in [4.69, 9.17) is 16.3 Å². The monoisotopic (exact) mass is 360 g/mol. The van der Waals surface area contributed by atoms with Crippen LogP contribution in [0.5, 0.6) is 5.75 Å². The second kappa shape index (κ2) is 7.57. The largest absolute Gasteiger partial charge is 0.495 e. The second-order valence-corrected chi connectivity index (χ2v) is 6.87. The van der Waals surface area contributed by atoms with Crippen molar-refractivity contribution in [3.63, 3.8) is 0 Å². The van der Waals surface area contributed by atoms with Crippen LogP contribution in [0.25, 0.3) is 0 Å². The van der Waals surface area contributed by atoms with Crippen LogP contribution in [0.2, 0.25) is 5.02 Å². The Kier molecular flexibility index (Phi) is 5.69. The van der Waals surface area contributed by atoms with Crippen LogP contribution < -0.4 is 10.2 Å². The molecular weight excluding hydrogens is 340 g/mol. The van der Waals surface area contributed by atoms with E-state index in [9.17, 15) is 9.59 Å². The van der Waals surface area contributed by atoms with E-state index in [1.807, 2.05) is 26.8 Å². The van der Waals surface area contributed by atoms with Gasteiger partial charge in [0.05, 0.1) is 17.7 Å². The molecule has 6 heteroatoms. The Labute approximate surface area is 152 Å². The lowest BCUT2D eigenvalue weighted by molar-refractivity contribution is 0.0358. The number of amides is 2. The highest BCUT2D eigenvalue weighted by atomic mass is 35.5. The number of halogens is 1. The molecule has 0 aliphatic carbocycles. The number of hydrogen-bond donors (Lipinski definition) is 1. The standard InChI is InChI=1S/C19H21ClN2O3/c1-19(2,3)22(18(24)13-8-6-5-7-9-13)21-17(23)14-10-11-16(25-4)15(20)12-14/h5-12H,1-4H3,(H,21,23). The zero-order valence-corrected chi connectivity index (χ0v) is 15.4. The molecule has 0 bridgehead atoms. The number of ether oxygens (including phenoxy) is 1. The minimum absolute atomic E-state index is 0.291. The number of hydrazine groups is 1. The summed E-state index contributed by atoms with van der Waals surface area (Å²) in [5.41, 5.74) is 2.89. The predicted octanol–water partition coefficient (Wildman–Crippen LogP) is 3.93. The van der Waals surface area contributed by atoms with E-state index in [-0.39, 0.29) is 5.91 Å². The number of carbonyl (C=O) groups excluding carboxylic acids is 2. The third-order valence-corrected chi connectivity index (χ3v) is 3.82. The number of rotatable bonds is 3. The van der Waals surface area contributed by atoms with Crippen molar-refractivity contribution in [3.05, 3.63) is 64.7 Å². The average Bonchev–Trinajstić information content (AvgIpc) is 2.58. The van der Waals surface area contributed by atoms with Crippen LogP contribution in [0.3, 0.4) is 0 Å². The summed E-state index contributed by atoms with van der Waals surface area (Å²) >= 11 is 6.07. The number of nitrogens with zero attached hydrogens (tertiary/aromatic N) is 1. The molecule has 0 aliphatic rings. The van der Waals surface area contributed by atoms with Crippen molar-refractivity contribution in [2.75, 3.05) is 7.11 Å². The van der Waals surface area contributed by atoms with Crippen molar-refractivity contribution >= 4 is 23.4 Å². The molecule has 2 rings (SSSR count). The summed E-state index contributed by atoms with van der Waals surface area (Å²) in [4.78, 5) is 25.4. The fraction of sp³-hybridized carbons (Fsp3) is 0.263. The fourth-order valence-electron chi connectivity index (χ4n) is 2.21. The van der Waals surface area contributed by atoms with E-state index in [2.05, 4.69) is 5.43 Å². The number of methoxy groups -OCH3 is 1. The molecule has 0 saturated carbocycles. The van der Waals surface area contributed by atoms with Gasteiger partial charge in [0.25, 0.3) is 11.8 Å². The Morgan fingerprint density at radius 3 is 2.20 bits per heavy atom. The minimum Gasteiger partial charge on any atom is -0.495 e. The molecule has 0 saturated heterocycles. The summed E-state index contributed by atoms with van der Waals surface area (Å²) in [6.07, 6.45) is 0. The Hall–Kier alpha value is -2.53. The van der Waals surface area contributed by atoms with Crippen LogP contribution in [0.4, 0.5) is 0 Å². The Morgan fingerprint density at radius 1 is 1.04 bits per heavy atom. The highest BCUT2D eigenvalue weighted by Gasteiger charge is 2.29. The zero-order valence-electron chi connectivity index (χ0n) is 14.7. The number of hydrogen-bond acceptors (Lipinski definition) is 3. The van der Waals surface area contributed by atoms with Crippen LogP contribution in [-0.2, 0) is 0 Å². The third kappa shape index (κ3) is 4.51. The van der Waals surface area contributed by atoms with Gasteiger partial charge in [0.2, 0.25) is 0 Å². The molecule has 0 radical (unpaired) electrons. The average molecular weight is 361 g/mol. The quantitative estimate of drug-likeness (QED) is 0.843. The Balaban J connectivity index is 2.27. The van der Waals surface area contributed by atoms with Gasteiger partial charge in [-0.25, -0.2) is 5.01 Å². The number of nitrogens with one attached hydrogen (secondary N) is 1. The molecule has 0 atom stereocenters. The lowest BCUT2D eigenvalue weighted by Crippen LogP contribution is -2.55. The summed E-state index contributed by atoms with van der Waals surface area (Å²) in [7, 11) is 1.50. The van der Waals surface area contributed by atoms with Crippen molar-refractivity contribution < 1.29 is 14.3 Å². The molecule has 2 aromatic carbocycles. The zero-order chi connectivity index (χ0) is 18.6. The van der Waals surface area contributed by atoms with E-state index >= 15 is 0 Å². The fourth-order valence-corrected chi connectivity index (χ4v) is 2.46. The van der Waals surface area contributed by atoms with Crippen molar-refractivity contribution in [1.82, 2.24) is 10.4 Å². The minimum atomic E-state index is -0.612. The van der Waals surface area contributed by atoms with Crippen molar-refractivity contribution in [2.24, 2.45) is 0 Å². The van der Waals surface area contributed by atoms with E-state index in [0.29, 0.717) is 21.9 Å². The first-order valence-electron chi connectivity index (χ1n) is 7.78. The van der Waals surface area contributed by atoms with Gasteiger partial charge in [-0.3, -0.25) is 15.0 Å². The first-order chi connectivity index (χ1) is 11.7. The van der Waals surface area contributed by atoms with Gasteiger partial charge < -0.3 is 4.74 Å². The van der Waals surface area contributed by atoms with E-state index < -0.39 is 11.4 Å². The molecule has 0 aromatic heterocycles. The van der Waals surface area contributed by atoms with Gasteiger partial charge in [0, 0.05) is 11.1 Å². The predicted molar refractivity (Wildman–Crippen MR) is 97.8 cm³/mol. The van der Waals surface area contributed by atoms with E-state index in [1.54, 1.807) is 36.4 Å². The van der Waals surface area contributed by atoms with Crippen LogP contribution in [-0.4, -0.2) is 29.5 Å². The highest BCUT2D eigenvalue weighted by molar-refractivity contribution is 6.32. The number of carbonyl (C=O) groups is 2. The molecule has 0 fully saturated rings. The second-order valence-electron chi connectivity index (χ2n) is 6.47. The smallest absolute Gasteiger partial charge is 0.272 e. The lowest BCUT2D eigenvalue weighted by atomic mass is 10.1. The first kappa shape index (κ1) is 18.8. The van der Waals surface area contributed by atoms with E-state index in [0.717, 1.165) is 0 Å². The first-order valence-corrected chi connectivity index (χ1v) is 8.16. The van der Waals surface area contributed by atoms with Crippen LogP contribution in [0.1, 0.15) is 41.5 Å². The molecule has 1 N–H and O–H groups in total. The van der Waals surface area contributed by atoms with Gasteiger partial charge in [-0.15, -0.1) is 0 Å². The molecule has 0 aliphatic heterocycles. The summed E-state index contributed by atoms with van der Waals surface area (Å²) in [6.45, 7) is 5.53. The summed E-state index contributed by atoms with van der Waals surface area (Å²) in [6, 6.07) is 13.5. The van der Waals surface area contributed by atoms with Gasteiger partial charge in [-0.2, -0.15) is 0 Å². The maximum Gasteiger partial charge on any atom is 0.272 e. The summed E-state index contributed by atoms with van der Waals surface area (Å²) < 4.78 is 5.08. The maximum atomic E-state index is 12.8. The third-order valence-electron chi connectivity index (χ3n) is 3.52. The molecular formula is C19H21ClN2O3. The molecule has 25 heavy (non-hydrogen) atoms. The molecule has 132 valence electrons. The topological polar surface area (TPSA) is 58.6 Å². The maximum absolute atomic E-state index is 12.8. The van der Waals surface area contributed by atoms with E-state index in [1.165, 1.54) is 18.2 Å². The summed E-state index contributed by atoms with van der Waals surface area (Å²) in [5.74, 6) is -0.240. The number of benzene rings is 2. The van der Waals surface area contributed by atoms with Crippen molar-refractivity contribution in [3.8, 4) is 5.75 Å². The van der Waals surface area contributed by atoms with Crippen molar-refractivity contribution in [2.45, 2.75) is 26.3 Å². The lowest BCUT2D eigenvalue weighted by Gasteiger charge is -2.35. The normalized spacial score (nSPS) is 10.9. The Bertz CT molecular complexity index is 770. The van der Waals surface area contributed by atoms with Gasteiger partial charge >= 0.3 is 0 Å². The molecule has 5 nitrogen and oxygen atoms in total. The van der Waals surface area contributed by atoms with Gasteiger partial charge in [-0.1, -0.05) is 29.8 Å². The van der Waals surface area contributed by atoms with Crippen LogP contribution in [0, 0.1) is 0 Å². The Morgan fingerprint density at radius 2 is 1.68 bits per heavy atom. The molecule has 0 spiro atoms. The SMILES string of the molecule is COc1ccc(C(=O)NN(C(=O)c2ccccc2)C(C)(C)C)cc1Cl. The van der Waals surface area contributed by atoms with Crippen LogP contribution >= 0.6 is 11.6 Å². The summed E-state index contributed by atoms with van der Waals surface area (Å²) in [5, 5.41) is 1.65. The molecule has 2 aromatic rings. The molecule has 2 amide bonds. The van der Waals surface area contributed by atoms with Gasteiger partial charge in [0.1, 0.15) is 5.75 Å². The molecule has 0 heterocycles. The highest BCUT2D eigenvalue weighted by Crippen LogP contribution is 2.25. The van der Waals surface area contributed by atoms with Gasteiger partial charge in [0.15, 0.2) is 0 Å². The van der Waals surface area contributed by atoms with Crippen molar-refractivity contribution in [1.29, 1.82) is 0 Å². The van der Waals surface area contributed by atoms with Gasteiger partial charge in [-0.05, 0) is 51.1 Å². The molecule has 0 unspecified atom stereocenters. The van der Waals surface area contributed by atoms with Crippen LogP contribution in [0.15, 0.2) is 48.5 Å².